The zero-order valence-corrected chi connectivity index (χ0v) is 13.8. The van der Waals surface area contributed by atoms with Crippen molar-refractivity contribution in [2.75, 3.05) is 39.3 Å². The van der Waals surface area contributed by atoms with Crippen molar-refractivity contribution in [1.82, 2.24) is 14.5 Å². The van der Waals surface area contributed by atoms with Gasteiger partial charge in [-0.05, 0) is 6.07 Å². The van der Waals surface area contributed by atoms with Gasteiger partial charge in [-0.3, -0.25) is 4.90 Å². The first-order valence-electron chi connectivity index (χ1n) is 6.38. The fourth-order valence-corrected chi connectivity index (χ4v) is 6.16. The van der Waals surface area contributed by atoms with Gasteiger partial charge in [-0.15, -0.1) is 11.3 Å². The zero-order valence-electron chi connectivity index (χ0n) is 10.7. The van der Waals surface area contributed by atoms with E-state index < -0.39 is 10.0 Å². The van der Waals surface area contributed by atoms with Crippen LogP contribution in [0, 0.1) is 0 Å². The number of nitrogens with zero attached hydrogens (tertiary/aromatic N) is 2. The van der Waals surface area contributed by atoms with Gasteiger partial charge in [0.25, 0.3) is 0 Å². The Hall–Kier alpha value is 0.110. The molecule has 1 aromatic rings. The quantitative estimate of drug-likeness (QED) is 0.888. The first kappa shape index (κ1) is 15.0. The van der Waals surface area contributed by atoms with Gasteiger partial charge in [0, 0.05) is 45.3 Å². The molecule has 2 saturated heterocycles. The molecule has 0 aliphatic carbocycles. The summed E-state index contributed by atoms with van der Waals surface area (Å²) < 4.78 is 27.0. The molecule has 0 unspecified atom stereocenters. The molecule has 0 aromatic carbocycles. The summed E-state index contributed by atoms with van der Waals surface area (Å²) in [4.78, 5) is 2.47. The Balaban J connectivity index is 1.68. The van der Waals surface area contributed by atoms with Crippen LogP contribution in [0.2, 0.25) is 8.67 Å². The van der Waals surface area contributed by atoms with E-state index in [2.05, 4.69) is 10.2 Å². The standard InChI is InChI=1S/C11H15Cl2N3O2S2/c12-10-5-9(11(13)19-10)20(17,18)16-6-8(7-16)15-3-1-14-2-4-15/h5,8,14H,1-4,6-7H2. The van der Waals surface area contributed by atoms with Crippen molar-refractivity contribution in [2.24, 2.45) is 0 Å². The average Bonchev–Trinajstić information content (AvgIpc) is 2.68. The molecule has 0 bridgehead atoms. The number of thiophene rings is 1. The number of rotatable bonds is 3. The zero-order chi connectivity index (χ0) is 14.3. The van der Waals surface area contributed by atoms with Crippen LogP contribution in [0.3, 0.4) is 0 Å². The summed E-state index contributed by atoms with van der Waals surface area (Å²) in [5, 5.41) is 3.29. The van der Waals surface area contributed by atoms with Gasteiger partial charge >= 0.3 is 0 Å². The Morgan fingerprint density at radius 1 is 1.25 bits per heavy atom. The van der Waals surface area contributed by atoms with E-state index in [9.17, 15) is 8.42 Å². The molecule has 0 atom stereocenters. The lowest BCUT2D eigenvalue weighted by atomic mass is 10.1. The molecule has 3 rings (SSSR count). The van der Waals surface area contributed by atoms with E-state index in [4.69, 9.17) is 23.2 Å². The Morgan fingerprint density at radius 2 is 1.90 bits per heavy atom. The predicted molar refractivity (Wildman–Crippen MR) is 81.3 cm³/mol. The maximum absolute atomic E-state index is 12.4. The van der Waals surface area contributed by atoms with Crippen LogP contribution >= 0.6 is 34.5 Å². The lowest BCUT2D eigenvalue weighted by molar-refractivity contribution is 0.0773. The van der Waals surface area contributed by atoms with E-state index in [-0.39, 0.29) is 9.23 Å². The largest absolute Gasteiger partial charge is 0.314 e. The van der Waals surface area contributed by atoms with Crippen LogP contribution in [-0.4, -0.2) is 62.9 Å². The Labute approximate surface area is 132 Å². The van der Waals surface area contributed by atoms with E-state index in [1.807, 2.05) is 0 Å². The Bertz CT molecular complexity index is 593. The summed E-state index contributed by atoms with van der Waals surface area (Å²) >= 11 is 12.9. The molecule has 2 aliphatic heterocycles. The normalized spacial score (nSPS) is 22.9. The van der Waals surface area contributed by atoms with Crippen LogP contribution in [0.4, 0.5) is 0 Å². The number of hydrogen-bond donors (Lipinski definition) is 1. The molecule has 2 aliphatic rings. The summed E-state index contributed by atoms with van der Waals surface area (Å²) in [5.74, 6) is 0. The van der Waals surface area contributed by atoms with Gasteiger partial charge in [-0.25, -0.2) is 8.42 Å². The molecular formula is C11H15Cl2N3O2S2. The molecule has 112 valence electrons. The molecule has 2 fully saturated rings. The topological polar surface area (TPSA) is 52.7 Å². The molecule has 0 radical (unpaired) electrons. The Kier molecular flexibility index (Phi) is 4.29. The molecule has 20 heavy (non-hydrogen) atoms. The third-order valence-electron chi connectivity index (χ3n) is 3.74. The van der Waals surface area contributed by atoms with Gasteiger partial charge < -0.3 is 5.32 Å². The van der Waals surface area contributed by atoms with Crippen LogP contribution in [0.25, 0.3) is 0 Å². The Morgan fingerprint density at radius 3 is 2.45 bits per heavy atom. The van der Waals surface area contributed by atoms with E-state index in [1.54, 1.807) is 0 Å². The van der Waals surface area contributed by atoms with Crippen molar-refractivity contribution in [1.29, 1.82) is 0 Å². The average molecular weight is 356 g/mol. The van der Waals surface area contributed by atoms with E-state index in [0.717, 1.165) is 37.5 Å². The minimum atomic E-state index is -3.50. The number of hydrogen-bond acceptors (Lipinski definition) is 5. The highest BCUT2D eigenvalue weighted by atomic mass is 35.5. The van der Waals surface area contributed by atoms with Gasteiger partial charge in [0.1, 0.15) is 9.23 Å². The fraction of sp³-hybridized carbons (Fsp3) is 0.636. The molecule has 0 amide bonds. The second-order valence-corrected chi connectivity index (χ2v) is 9.14. The van der Waals surface area contributed by atoms with Gasteiger partial charge in [-0.1, -0.05) is 23.2 Å². The number of nitrogens with one attached hydrogen (secondary N) is 1. The lowest BCUT2D eigenvalue weighted by Gasteiger charge is -2.45. The van der Waals surface area contributed by atoms with Gasteiger partial charge in [0.05, 0.1) is 4.34 Å². The maximum atomic E-state index is 12.4. The van der Waals surface area contributed by atoms with Crippen LogP contribution in [-0.2, 0) is 10.0 Å². The molecule has 3 heterocycles. The number of halogens is 2. The van der Waals surface area contributed by atoms with Crippen molar-refractivity contribution in [3.63, 3.8) is 0 Å². The first-order valence-corrected chi connectivity index (χ1v) is 9.39. The van der Waals surface area contributed by atoms with E-state index >= 15 is 0 Å². The molecule has 5 nitrogen and oxygen atoms in total. The molecule has 0 spiro atoms. The molecule has 9 heteroatoms. The third kappa shape index (κ3) is 2.72. The second-order valence-electron chi connectivity index (χ2n) is 4.95. The number of sulfonamides is 1. The summed E-state index contributed by atoms with van der Waals surface area (Å²) in [5.41, 5.74) is 0. The highest BCUT2D eigenvalue weighted by molar-refractivity contribution is 7.89. The smallest absolute Gasteiger partial charge is 0.245 e. The van der Waals surface area contributed by atoms with Gasteiger partial charge in [-0.2, -0.15) is 4.31 Å². The molecular weight excluding hydrogens is 341 g/mol. The van der Waals surface area contributed by atoms with Crippen LogP contribution in [0.1, 0.15) is 0 Å². The lowest BCUT2D eigenvalue weighted by Crippen LogP contribution is -2.63. The fourth-order valence-electron chi connectivity index (χ4n) is 2.53. The third-order valence-corrected chi connectivity index (χ3v) is 7.32. The summed E-state index contributed by atoms with van der Waals surface area (Å²) in [7, 11) is -3.50. The highest BCUT2D eigenvalue weighted by Gasteiger charge is 2.41. The summed E-state index contributed by atoms with van der Waals surface area (Å²) in [6.07, 6.45) is 0. The van der Waals surface area contributed by atoms with Crippen molar-refractivity contribution in [3.05, 3.63) is 14.7 Å². The molecule has 0 saturated carbocycles. The van der Waals surface area contributed by atoms with Crippen molar-refractivity contribution in [3.8, 4) is 0 Å². The minimum absolute atomic E-state index is 0.132. The SMILES string of the molecule is O=S(=O)(c1cc(Cl)sc1Cl)N1CC(N2CCNCC2)C1. The van der Waals surface area contributed by atoms with E-state index in [0.29, 0.717) is 23.5 Å². The predicted octanol–water partition coefficient (Wildman–Crippen LogP) is 1.33. The van der Waals surface area contributed by atoms with Crippen molar-refractivity contribution >= 4 is 44.6 Å². The molecule has 1 aromatic heterocycles. The monoisotopic (exact) mass is 355 g/mol. The van der Waals surface area contributed by atoms with E-state index in [1.165, 1.54) is 10.4 Å². The summed E-state index contributed by atoms with van der Waals surface area (Å²) in [6.45, 7) is 4.95. The summed E-state index contributed by atoms with van der Waals surface area (Å²) in [6, 6.07) is 1.75. The van der Waals surface area contributed by atoms with Crippen molar-refractivity contribution in [2.45, 2.75) is 10.9 Å². The number of piperazine rings is 1. The van der Waals surface area contributed by atoms with Gasteiger partial charge in [0.15, 0.2) is 0 Å². The maximum Gasteiger partial charge on any atom is 0.245 e. The minimum Gasteiger partial charge on any atom is -0.314 e. The van der Waals surface area contributed by atoms with Gasteiger partial charge in [0.2, 0.25) is 10.0 Å². The molecule has 1 N–H and O–H groups in total. The van der Waals surface area contributed by atoms with Crippen LogP contribution in [0.5, 0.6) is 0 Å². The highest BCUT2D eigenvalue weighted by Crippen LogP contribution is 2.37. The van der Waals surface area contributed by atoms with Crippen molar-refractivity contribution < 1.29 is 8.42 Å². The second kappa shape index (κ2) is 5.72. The first-order chi connectivity index (χ1) is 9.48. The van der Waals surface area contributed by atoms with Crippen LogP contribution < -0.4 is 5.32 Å². The van der Waals surface area contributed by atoms with Crippen LogP contribution in [0.15, 0.2) is 11.0 Å².